The molecule has 0 bridgehead atoms. The molecule has 116 valence electrons. The summed E-state index contributed by atoms with van der Waals surface area (Å²) in [5.41, 5.74) is 1.82. The summed E-state index contributed by atoms with van der Waals surface area (Å²) < 4.78 is 40.8. The molecule has 0 aliphatic rings. The van der Waals surface area contributed by atoms with Gasteiger partial charge in [-0.15, -0.1) is 13.2 Å². The molecule has 0 heterocycles. The largest absolute Gasteiger partial charge is 0.573 e. The van der Waals surface area contributed by atoms with Gasteiger partial charge in [-0.05, 0) is 24.6 Å². The Hall–Kier alpha value is -2.50. The van der Waals surface area contributed by atoms with Crippen LogP contribution in [-0.4, -0.2) is 12.3 Å². The average Bonchev–Trinajstić information content (AvgIpc) is 2.42. The SMILES string of the molecule is Cc1ccc(CC(=O)Nc2ccccc2OC(F)(F)F)cc1. The topological polar surface area (TPSA) is 38.3 Å². The third kappa shape index (κ3) is 4.80. The molecule has 1 N–H and O–H groups in total. The number of anilines is 1. The number of para-hydroxylation sites is 2. The molecule has 3 nitrogen and oxygen atoms in total. The van der Waals surface area contributed by atoms with E-state index >= 15 is 0 Å². The van der Waals surface area contributed by atoms with Crippen molar-refractivity contribution in [1.29, 1.82) is 0 Å². The minimum absolute atomic E-state index is 0.0167. The maximum Gasteiger partial charge on any atom is 0.573 e. The average molecular weight is 309 g/mol. The van der Waals surface area contributed by atoms with E-state index in [1.807, 2.05) is 19.1 Å². The Labute approximate surface area is 125 Å². The van der Waals surface area contributed by atoms with E-state index in [4.69, 9.17) is 0 Å². The van der Waals surface area contributed by atoms with Gasteiger partial charge < -0.3 is 10.1 Å². The molecule has 0 aliphatic carbocycles. The van der Waals surface area contributed by atoms with Crippen LogP contribution in [0.25, 0.3) is 0 Å². The molecule has 0 unspecified atom stereocenters. The van der Waals surface area contributed by atoms with E-state index in [9.17, 15) is 18.0 Å². The highest BCUT2D eigenvalue weighted by Gasteiger charge is 2.32. The van der Waals surface area contributed by atoms with Gasteiger partial charge in [0, 0.05) is 0 Å². The Kier molecular flexibility index (Phi) is 4.70. The molecule has 2 rings (SSSR count). The first kappa shape index (κ1) is 15.9. The number of carbonyl (C=O) groups excluding carboxylic acids is 1. The van der Waals surface area contributed by atoms with Crippen molar-refractivity contribution < 1.29 is 22.7 Å². The van der Waals surface area contributed by atoms with Crippen molar-refractivity contribution in [1.82, 2.24) is 0 Å². The fourth-order valence-electron chi connectivity index (χ4n) is 1.87. The third-order valence-corrected chi connectivity index (χ3v) is 2.87. The lowest BCUT2D eigenvalue weighted by atomic mass is 10.1. The van der Waals surface area contributed by atoms with Gasteiger partial charge in [-0.25, -0.2) is 0 Å². The number of amides is 1. The zero-order valence-electron chi connectivity index (χ0n) is 11.8. The lowest BCUT2D eigenvalue weighted by Crippen LogP contribution is -2.20. The van der Waals surface area contributed by atoms with Crippen molar-refractivity contribution in [2.45, 2.75) is 19.7 Å². The van der Waals surface area contributed by atoms with Crippen molar-refractivity contribution in [2.75, 3.05) is 5.32 Å². The molecule has 0 fully saturated rings. The lowest BCUT2D eigenvalue weighted by Gasteiger charge is -2.13. The van der Waals surface area contributed by atoms with Crippen LogP contribution in [0.15, 0.2) is 48.5 Å². The number of hydrogen-bond donors (Lipinski definition) is 1. The van der Waals surface area contributed by atoms with Crippen LogP contribution in [0.1, 0.15) is 11.1 Å². The molecule has 0 saturated carbocycles. The van der Waals surface area contributed by atoms with Crippen LogP contribution >= 0.6 is 0 Å². The molecule has 0 spiro atoms. The molecule has 0 radical (unpaired) electrons. The van der Waals surface area contributed by atoms with Crippen LogP contribution in [-0.2, 0) is 11.2 Å². The number of alkyl halides is 3. The summed E-state index contributed by atoms with van der Waals surface area (Å²) in [7, 11) is 0. The zero-order valence-corrected chi connectivity index (χ0v) is 11.8. The van der Waals surface area contributed by atoms with Gasteiger partial charge in [-0.2, -0.15) is 0 Å². The maximum atomic E-state index is 12.3. The van der Waals surface area contributed by atoms with Gasteiger partial charge >= 0.3 is 6.36 Å². The molecule has 0 saturated heterocycles. The van der Waals surface area contributed by atoms with Crippen LogP contribution in [0.3, 0.4) is 0 Å². The molecular formula is C16H14F3NO2. The first-order valence-electron chi connectivity index (χ1n) is 6.54. The van der Waals surface area contributed by atoms with Crippen LogP contribution < -0.4 is 10.1 Å². The summed E-state index contributed by atoms with van der Waals surface area (Å²) in [6.45, 7) is 1.93. The fourth-order valence-corrected chi connectivity index (χ4v) is 1.87. The van der Waals surface area contributed by atoms with E-state index in [1.54, 1.807) is 12.1 Å². The van der Waals surface area contributed by atoms with Gasteiger partial charge in [0.25, 0.3) is 0 Å². The number of halogens is 3. The standard InChI is InChI=1S/C16H14F3NO2/c1-11-6-8-12(9-7-11)10-15(21)20-13-4-2-3-5-14(13)22-16(17,18)19/h2-9H,10H2,1H3,(H,20,21). The van der Waals surface area contributed by atoms with Crippen molar-refractivity contribution in [2.24, 2.45) is 0 Å². The maximum absolute atomic E-state index is 12.3. The highest BCUT2D eigenvalue weighted by atomic mass is 19.4. The van der Waals surface area contributed by atoms with E-state index in [-0.39, 0.29) is 12.1 Å². The van der Waals surface area contributed by atoms with E-state index in [0.717, 1.165) is 17.2 Å². The monoisotopic (exact) mass is 309 g/mol. The first-order chi connectivity index (χ1) is 10.3. The summed E-state index contributed by atoms with van der Waals surface area (Å²) in [6, 6.07) is 12.7. The Bertz CT molecular complexity index is 651. The summed E-state index contributed by atoms with van der Waals surface area (Å²) >= 11 is 0. The van der Waals surface area contributed by atoms with Crippen molar-refractivity contribution in [3.63, 3.8) is 0 Å². The van der Waals surface area contributed by atoms with Gasteiger partial charge in [-0.3, -0.25) is 4.79 Å². The Morgan fingerprint density at radius 2 is 1.73 bits per heavy atom. The van der Waals surface area contributed by atoms with Crippen molar-refractivity contribution in [3.05, 3.63) is 59.7 Å². The molecule has 22 heavy (non-hydrogen) atoms. The predicted molar refractivity (Wildman–Crippen MR) is 76.6 cm³/mol. The molecular weight excluding hydrogens is 295 g/mol. The highest BCUT2D eigenvalue weighted by Crippen LogP contribution is 2.29. The molecule has 0 aliphatic heterocycles. The molecule has 0 atom stereocenters. The van der Waals surface area contributed by atoms with E-state index in [1.165, 1.54) is 18.2 Å². The predicted octanol–water partition coefficient (Wildman–Crippen LogP) is 4.07. The molecule has 2 aromatic carbocycles. The number of benzene rings is 2. The Balaban J connectivity index is 2.07. The number of hydrogen-bond acceptors (Lipinski definition) is 2. The number of aryl methyl sites for hydroxylation is 1. The van der Waals surface area contributed by atoms with Crippen molar-refractivity contribution in [3.8, 4) is 5.75 Å². The van der Waals surface area contributed by atoms with Crippen LogP contribution in [0.4, 0.5) is 18.9 Å². The molecule has 1 amide bonds. The summed E-state index contributed by atoms with van der Waals surface area (Å²) in [4.78, 5) is 11.9. The first-order valence-corrected chi connectivity index (χ1v) is 6.54. The molecule has 2 aromatic rings. The van der Waals surface area contributed by atoms with E-state index < -0.39 is 18.0 Å². The lowest BCUT2D eigenvalue weighted by molar-refractivity contribution is -0.274. The smallest absolute Gasteiger partial charge is 0.404 e. The zero-order chi connectivity index (χ0) is 16.2. The normalized spacial score (nSPS) is 11.1. The Morgan fingerprint density at radius 1 is 1.09 bits per heavy atom. The molecule has 6 heteroatoms. The second-order valence-corrected chi connectivity index (χ2v) is 4.75. The van der Waals surface area contributed by atoms with Crippen LogP contribution in [0, 0.1) is 6.92 Å². The van der Waals surface area contributed by atoms with Gasteiger partial charge in [0.15, 0.2) is 5.75 Å². The van der Waals surface area contributed by atoms with Gasteiger partial charge in [0.2, 0.25) is 5.91 Å². The number of carbonyl (C=O) groups is 1. The summed E-state index contributed by atoms with van der Waals surface area (Å²) in [5, 5.41) is 2.43. The third-order valence-electron chi connectivity index (χ3n) is 2.87. The van der Waals surface area contributed by atoms with E-state index in [0.29, 0.717) is 0 Å². The highest BCUT2D eigenvalue weighted by molar-refractivity contribution is 5.93. The van der Waals surface area contributed by atoms with Gasteiger partial charge in [0.1, 0.15) is 0 Å². The number of ether oxygens (including phenoxy) is 1. The van der Waals surface area contributed by atoms with E-state index in [2.05, 4.69) is 10.1 Å². The minimum Gasteiger partial charge on any atom is -0.404 e. The summed E-state index contributed by atoms with van der Waals surface area (Å²) in [6.07, 6.45) is -4.74. The summed E-state index contributed by atoms with van der Waals surface area (Å²) in [5.74, 6) is -0.852. The van der Waals surface area contributed by atoms with Crippen molar-refractivity contribution >= 4 is 11.6 Å². The number of nitrogens with one attached hydrogen (secondary N) is 1. The second kappa shape index (κ2) is 6.51. The quantitative estimate of drug-likeness (QED) is 0.924. The van der Waals surface area contributed by atoms with Crippen LogP contribution in [0.2, 0.25) is 0 Å². The molecule has 0 aromatic heterocycles. The second-order valence-electron chi connectivity index (χ2n) is 4.75. The van der Waals surface area contributed by atoms with Gasteiger partial charge in [-0.1, -0.05) is 42.0 Å². The number of rotatable bonds is 4. The fraction of sp³-hybridized carbons (Fsp3) is 0.188. The van der Waals surface area contributed by atoms with Crippen LogP contribution in [0.5, 0.6) is 5.75 Å². The van der Waals surface area contributed by atoms with Gasteiger partial charge in [0.05, 0.1) is 12.1 Å². The Morgan fingerprint density at radius 3 is 2.36 bits per heavy atom. The minimum atomic E-state index is -4.81.